The summed E-state index contributed by atoms with van der Waals surface area (Å²) in [5.74, 6) is -3.51. The molecule has 0 spiro atoms. The molecule has 1 saturated carbocycles. The van der Waals surface area contributed by atoms with Crippen molar-refractivity contribution < 1.29 is 88.3 Å². The zero-order valence-electron chi connectivity index (χ0n) is 43.0. The van der Waals surface area contributed by atoms with Crippen molar-refractivity contribution in [3.8, 4) is 11.3 Å². The zero-order valence-corrected chi connectivity index (χ0v) is 43.8. The van der Waals surface area contributed by atoms with Crippen LogP contribution in [-0.4, -0.2) is 133 Å². The quantitative estimate of drug-likeness (QED) is 0.0159. The van der Waals surface area contributed by atoms with E-state index in [0.29, 0.717) is 42.7 Å². The van der Waals surface area contributed by atoms with Crippen molar-refractivity contribution in [1.82, 2.24) is 36.3 Å². The van der Waals surface area contributed by atoms with Crippen LogP contribution >= 0.6 is 11.8 Å². The lowest BCUT2D eigenvalue weighted by molar-refractivity contribution is -0.282. The Hall–Kier alpha value is -6.43. The number of amides is 4. The van der Waals surface area contributed by atoms with Gasteiger partial charge in [-0.05, 0) is 73.8 Å². The second-order valence-electron chi connectivity index (χ2n) is 20.4. The molecule has 1 aliphatic carbocycles. The van der Waals surface area contributed by atoms with Gasteiger partial charge in [0, 0.05) is 72.4 Å². The number of ketones is 1. The largest absolute Gasteiger partial charge is 0.481 e. The van der Waals surface area contributed by atoms with Crippen molar-refractivity contribution in [2.75, 3.05) is 25.4 Å². The average molecular weight is 1170 g/mol. The van der Waals surface area contributed by atoms with Crippen molar-refractivity contribution >= 4 is 47.4 Å². The average Bonchev–Trinajstić information content (AvgIpc) is 2.76. The summed E-state index contributed by atoms with van der Waals surface area (Å²) in [6.07, 6.45) is -13.3. The number of carbonyl (C=O) groups is 5. The van der Waals surface area contributed by atoms with Crippen molar-refractivity contribution in [2.24, 2.45) is 28.0 Å². The smallest absolute Gasteiger partial charge is 0.442 e. The first-order valence-corrected chi connectivity index (χ1v) is 27.1. The minimum absolute atomic E-state index is 0.0298. The van der Waals surface area contributed by atoms with Crippen LogP contribution < -0.4 is 21.3 Å². The molecule has 4 aliphatic heterocycles. The van der Waals surface area contributed by atoms with Gasteiger partial charge in [-0.15, -0.1) is 15.3 Å². The van der Waals surface area contributed by atoms with Crippen LogP contribution in [0.15, 0.2) is 71.1 Å². The molecule has 3 saturated heterocycles. The van der Waals surface area contributed by atoms with Gasteiger partial charge < -0.3 is 46.1 Å². The summed E-state index contributed by atoms with van der Waals surface area (Å²) in [7, 11) is 0. The van der Waals surface area contributed by atoms with Crippen molar-refractivity contribution in [3.63, 3.8) is 0 Å². The Morgan fingerprint density at radius 1 is 0.926 bits per heavy atom. The van der Waals surface area contributed by atoms with Crippen molar-refractivity contribution in [1.29, 1.82) is 0 Å². The summed E-state index contributed by atoms with van der Waals surface area (Å²) in [6, 6.07) is 5.72. The van der Waals surface area contributed by atoms with Gasteiger partial charge in [0.1, 0.15) is 23.7 Å². The number of allylic oxidation sites excluding steroid dienone is 1. The van der Waals surface area contributed by atoms with Gasteiger partial charge in [-0.1, -0.05) is 48.1 Å². The maximum atomic E-state index is 14.6. The Balaban J connectivity index is 0.901. The molecule has 440 valence electrons. The Bertz CT molecular complexity index is 2830. The molecule has 81 heavy (non-hydrogen) atoms. The number of aliphatic carboxylic acids is 1. The van der Waals surface area contributed by atoms with Gasteiger partial charge in [0.05, 0.1) is 48.7 Å². The van der Waals surface area contributed by atoms with E-state index in [9.17, 15) is 78.8 Å². The van der Waals surface area contributed by atoms with E-state index in [1.807, 2.05) is 0 Å². The van der Waals surface area contributed by atoms with E-state index in [1.54, 1.807) is 23.9 Å². The van der Waals surface area contributed by atoms with Gasteiger partial charge in [-0.25, -0.2) is 9.48 Å². The Labute approximate surface area is 460 Å². The minimum Gasteiger partial charge on any atom is -0.481 e. The number of rotatable bonds is 24. The summed E-state index contributed by atoms with van der Waals surface area (Å²) in [5, 5.41) is 57.1. The normalized spacial score (nSPS) is 26.3. The molecule has 4 amide bonds. The lowest BCUT2D eigenvalue weighted by atomic mass is 9.85. The monoisotopic (exact) mass is 1170 g/mol. The van der Waals surface area contributed by atoms with Crippen LogP contribution in [0, 0.1) is 17.8 Å². The third kappa shape index (κ3) is 15.0. The molecule has 7 N–H and O–H groups in total. The number of nitrogens with zero attached hydrogens (tertiary/aromatic N) is 5. The molecule has 1 aromatic heterocycles. The Morgan fingerprint density at radius 3 is 2.30 bits per heavy atom. The fourth-order valence-corrected chi connectivity index (χ4v) is 12.2. The molecule has 5 heterocycles. The highest BCUT2D eigenvalue weighted by Crippen LogP contribution is 2.52. The number of fused-ring (bicyclic) bond motifs is 1. The molecular weight excluding hydrogens is 1110 g/mol. The molecule has 2 aromatic carbocycles. The van der Waals surface area contributed by atoms with E-state index in [1.165, 1.54) is 12.1 Å². The first-order chi connectivity index (χ1) is 38.3. The van der Waals surface area contributed by atoms with Crippen LogP contribution in [0.2, 0.25) is 0 Å². The molecule has 3 aromatic rings. The maximum absolute atomic E-state index is 14.6. The summed E-state index contributed by atoms with van der Waals surface area (Å²) >= 11 is 1.74. The topological polar surface area (TPSA) is 268 Å². The second-order valence-corrected chi connectivity index (χ2v) is 21.7. The molecule has 0 radical (unpaired) electrons. The number of aliphatic hydroxyl groups is 2. The number of ether oxygens (including phenoxy) is 2. The number of thioether (sulfide) groups is 1. The van der Waals surface area contributed by atoms with E-state index < -0.39 is 107 Å². The number of benzene rings is 2. The number of carbonyl (C=O) groups excluding carboxylic acids is 4. The number of unbranched alkanes of at least 4 members (excludes halogenated alkanes) is 1. The first-order valence-electron chi connectivity index (χ1n) is 26.1. The standard InChI is InChI=1S/C52H58F9N9O10S/c53-50(54,55)34-21-29(22-35(51(56,57)58)32(34)14-16-42(73)63-18-17-62-41(72)8-4-3-7-40-44-37(26-81-40)64-48(78)65-44)36-24-70(69-66-36)25-39-46(77)45(76)33(20-27-9-12-30(13-10-27)49(67-68-49)52(59,60)61)47(80-39)79-19-5-1-2-6-31-28(23-43(74)75)11-15-38(31)71/h1-2,9-10,12-14,16,21-22,24,28,31,33,37,39-40,44-47,76-77H,3-8,11,15,17-20,23,25-26H2,(H,62,72)(H,63,73)(H,74,75)(H2,64,65,78)/b2-1-,16-14+/t28-,31-,33+,37+,39+,40+,44+,45+,46+,47+/m1/s1. The number of aliphatic hydroxyl groups excluding tert-OH is 2. The predicted molar refractivity (Wildman–Crippen MR) is 269 cm³/mol. The van der Waals surface area contributed by atoms with Crippen molar-refractivity contribution in [3.05, 3.63) is 88.6 Å². The summed E-state index contributed by atoms with van der Waals surface area (Å²) in [5.41, 5.74) is -8.66. The number of alkyl halides is 9. The second kappa shape index (κ2) is 25.4. The summed E-state index contributed by atoms with van der Waals surface area (Å²) in [4.78, 5) is 60.4. The summed E-state index contributed by atoms with van der Waals surface area (Å²) in [6.45, 7) is -0.857. The third-order valence-corrected chi connectivity index (χ3v) is 16.4. The van der Waals surface area contributed by atoms with Crippen LogP contribution in [0.4, 0.5) is 44.3 Å². The fraction of sp³-hybridized carbons (Fsp3) is 0.558. The van der Waals surface area contributed by atoms with Crippen LogP contribution in [0.5, 0.6) is 0 Å². The van der Waals surface area contributed by atoms with Gasteiger partial charge >= 0.3 is 36.2 Å². The van der Waals surface area contributed by atoms with E-state index in [0.717, 1.165) is 41.6 Å². The third-order valence-electron chi connectivity index (χ3n) is 14.9. The molecular formula is C52H58F9N9O10S. The molecule has 0 unspecified atom stereocenters. The van der Waals surface area contributed by atoms with E-state index in [2.05, 4.69) is 41.8 Å². The van der Waals surface area contributed by atoms with Gasteiger partial charge in [-0.2, -0.15) is 51.3 Å². The highest BCUT2D eigenvalue weighted by Gasteiger charge is 2.65. The van der Waals surface area contributed by atoms with Crippen LogP contribution in [0.1, 0.15) is 85.6 Å². The molecule has 8 rings (SSSR count). The number of Topliss-reactive ketones (excluding diaryl/α,β-unsaturated/α-hetero) is 1. The van der Waals surface area contributed by atoms with Crippen LogP contribution in [0.3, 0.4) is 0 Å². The predicted octanol–water partition coefficient (Wildman–Crippen LogP) is 6.86. The Morgan fingerprint density at radius 2 is 1.63 bits per heavy atom. The highest BCUT2D eigenvalue weighted by molar-refractivity contribution is 8.00. The molecule has 4 fully saturated rings. The molecule has 10 atom stereocenters. The van der Waals surface area contributed by atoms with Crippen LogP contribution in [0.25, 0.3) is 17.3 Å². The lowest BCUT2D eigenvalue weighted by Gasteiger charge is -2.42. The van der Waals surface area contributed by atoms with E-state index in [-0.39, 0.29) is 105 Å². The van der Waals surface area contributed by atoms with E-state index in [4.69, 9.17) is 9.47 Å². The number of carboxylic acid groups (broad SMARTS) is 1. The number of urea groups is 1. The van der Waals surface area contributed by atoms with Crippen molar-refractivity contribution in [2.45, 2.75) is 137 Å². The minimum atomic E-state index is -5.40. The van der Waals surface area contributed by atoms with Gasteiger partial charge in [0.15, 0.2) is 6.29 Å². The maximum Gasteiger partial charge on any atom is 0.442 e. The zero-order chi connectivity index (χ0) is 58.4. The molecule has 19 nitrogen and oxygen atoms in total. The Kier molecular flexibility index (Phi) is 19.0. The van der Waals surface area contributed by atoms with E-state index >= 15 is 0 Å². The van der Waals surface area contributed by atoms with Gasteiger partial charge in [0.25, 0.3) is 0 Å². The molecule has 29 heteroatoms. The number of hydrogen-bond donors (Lipinski definition) is 7. The molecule has 5 aliphatic rings. The number of hydrogen-bond acceptors (Lipinski definition) is 14. The summed E-state index contributed by atoms with van der Waals surface area (Å²) < 4.78 is 142. The SMILES string of the molecule is O=C(O)C[C@H]1CCC(=O)[C@@H]1C/C=C\CCO[C@H]1O[C@@H](Cn2cc(-c3cc(C(F)(F)F)c(/C=C/C(=O)NCCNC(=O)CCCC[C@@H]4SC[C@@H]5NC(=O)N[C@@H]54)c(C(F)(F)F)c3)nn2)[C@H](O)[C@@H](O)[C@@H]1Cc1ccc(C2(C(F)(F)F)N=N2)cc1. The number of carboxylic acids is 1. The fourth-order valence-electron chi connectivity index (χ4n) is 10.6. The highest BCUT2D eigenvalue weighted by atomic mass is 32.2. The number of aromatic nitrogens is 3. The van der Waals surface area contributed by atoms with Gasteiger partial charge in [-0.3, -0.25) is 19.2 Å². The lowest BCUT2D eigenvalue weighted by Crippen LogP contribution is -2.57. The number of nitrogens with one attached hydrogen (secondary N) is 4. The number of halogens is 9. The molecule has 0 bridgehead atoms. The van der Waals surface area contributed by atoms with Gasteiger partial charge in [0.2, 0.25) is 11.8 Å². The first kappa shape index (κ1) is 60.7. The van der Waals surface area contributed by atoms with Crippen LogP contribution in [-0.2, 0) is 59.6 Å².